The summed E-state index contributed by atoms with van der Waals surface area (Å²) in [7, 11) is 0. The van der Waals surface area contributed by atoms with Gasteiger partial charge in [-0.25, -0.2) is 0 Å². The molecule has 0 aliphatic heterocycles. The van der Waals surface area contributed by atoms with Crippen LogP contribution in [0.4, 0.5) is 0 Å². The molecule has 0 fully saturated rings. The standard InChI is InChI=1S/C19H6Cl8I/c20-7-1-10(22)16(11(23)2-7)19(17-12(24)3-8(21)4-13(17)25)18-14(26)5-9(28)6-15(18)27/h1-6H. The Hall–Kier alpha value is 0.710. The van der Waals surface area contributed by atoms with E-state index in [1.807, 2.05) is 0 Å². The zero-order chi connectivity index (χ0) is 20.7. The zero-order valence-electron chi connectivity index (χ0n) is 13.4. The van der Waals surface area contributed by atoms with Gasteiger partial charge in [0.25, 0.3) is 0 Å². The van der Waals surface area contributed by atoms with Crippen molar-refractivity contribution in [3.05, 3.63) is 103 Å². The fourth-order valence-corrected chi connectivity index (χ4v) is 6.40. The third kappa shape index (κ3) is 4.79. The van der Waals surface area contributed by atoms with Crippen LogP contribution in [0.25, 0.3) is 0 Å². The van der Waals surface area contributed by atoms with Crippen molar-refractivity contribution in [3.63, 3.8) is 0 Å². The predicted molar refractivity (Wildman–Crippen MR) is 133 cm³/mol. The Kier molecular flexibility index (Phi) is 7.90. The minimum atomic E-state index is 0.292. The molecule has 0 amide bonds. The van der Waals surface area contributed by atoms with Crippen LogP contribution >= 0.6 is 115 Å². The Labute approximate surface area is 216 Å². The van der Waals surface area contributed by atoms with Gasteiger partial charge in [0, 0.05) is 60.4 Å². The molecule has 1 radical (unpaired) electrons. The van der Waals surface area contributed by atoms with Crippen LogP contribution in [0.1, 0.15) is 16.7 Å². The molecule has 0 unspecified atom stereocenters. The molecular formula is C19H6Cl8I. The maximum atomic E-state index is 6.57. The third-order valence-corrected chi connectivity index (χ3v) is 6.62. The summed E-state index contributed by atoms with van der Waals surface area (Å²) in [4.78, 5) is 0. The van der Waals surface area contributed by atoms with Gasteiger partial charge in [-0.15, -0.1) is 0 Å². The molecule has 0 aromatic heterocycles. The summed E-state index contributed by atoms with van der Waals surface area (Å²) >= 11 is 53.5. The van der Waals surface area contributed by atoms with Crippen LogP contribution in [0.2, 0.25) is 40.2 Å². The highest BCUT2D eigenvalue weighted by molar-refractivity contribution is 14.1. The van der Waals surface area contributed by atoms with E-state index >= 15 is 0 Å². The van der Waals surface area contributed by atoms with Crippen LogP contribution in [-0.2, 0) is 0 Å². The quantitative estimate of drug-likeness (QED) is 0.197. The Morgan fingerprint density at radius 2 is 0.714 bits per heavy atom. The van der Waals surface area contributed by atoms with Crippen LogP contribution in [0.5, 0.6) is 0 Å². The summed E-state index contributed by atoms with van der Waals surface area (Å²) < 4.78 is 0.859. The van der Waals surface area contributed by atoms with Gasteiger partial charge >= 0.3 is 0 Å². The first kappa shape index (κ1) is 23.4. The molecule has 3 rings (SSSR count). The third-order valence-electron chi connectivity index (χ3n) is 3.77. The molecule has 0 N–H and O–H groups in total. The van der Waals surface area contributed by atoms with Gasteiger partial charge in [0.05, 0.1) is 5.92 Å². The van der Waals surface area contributed by atoms with E-state index in [-0.39, 0.29) is 0 Å². The maximum absolute atomic E-state index is 6.57. The summed E-state index contributed by atoms with van der Waals surface area (Å²) in [6.07, 6.45) is 0. The van der Waals surface area contributed by atoms with Crippen molar-refractivity contribution in [1.29, 1.82) is 0 Å². The molecule has 0 atom stereocenters. The van der Waals surface area contributed by atoms with E-state index in [1.54, 1.807) is 36.4 Å². The summed E-state index contributed by atoms with van der Waals surface area (Å²) in [5, 5.41) is 2.70. The fourth-order valence-electron chi connectivity index (χ4n) is 2.72. The van der Waals surface area contributed by atoms with Crippen LogP contribution in [0.3, 0.4) is 0 Å². The van der Waals surface area contributed by atoms with Crippen molar-refractivity contribution in [2.24, 2.45) is 0 Å². The van der Waals surface area contributed by atoms with Crippen LogP contribution in [0, 0.1) is 9.49 Å². The molecule has 145 valence electrons. The minimum Gasteiger partial charge on any atom is -0.0842 e. The molecule has 0 aliphatic rings. The second kappa shape index (κ2) is 9.46. The highest BCUT2D eigenvalue weighted by atomic mass is 127. The molecule has 3 aromatic carbocycles. The zero-order valence-corrected chi connectivity index (χ0v) is 21.6. The summed E-state index contributed by atoms with van der Waals surface area (Å²) in [6, 6.07) is 9.79. The second-order valence-electron chi connectivity index (χ2n) is 5.61. The minimum absolute atomic E-state index is 0.292. The van der Waals surface area contributed by atoms with E-state index in [0.29, 0.717) is 62.8 Å². The van der Waals surface area contributed by atoms with Gasteiger partial charge in [0.2, 0.25) is 0 Å². The lowest BCUT2D eigenvalue weighted by molar-refractivity contribution is 1.23. The van der Waals surface area contributed by atoms with E-state index in [4.69, 9.17) is 92.8 Å². The monoisotopic (exact) mass is 641 g/mol. The summed E-state index contributed by atoms with van der Waals surface area (Å²) in [5.74, 6) is 0.477. The number of rotatable bonds is 3. The molecular weight excluding hydrogens is 639 g/mol. The molecule has 0 saturated carbocycles. The predicted octanol–water partition coefficient (Wildman–Crippen LogP) is 10.5. The van der Waals surface area contributed by atoms with Crippen molar-refractivity contribution in [2.75, 3.05) is 0 Å². The summed E-state index contributed by atoms with van der Waals surface area (Å²) in [6.45, 7) is 0. The molecule has 28 heavy (non-hydrogen) atoms. The number of hydrogen-bond donors (Lipinski definition) is 0. The first-order valence-corrected chi connectivity index (χ1v) is 11.5. The molecule has 0 aliphatic carbocycles. The number of hydrogen-bond acceptors (Lipinski definition) is 0. The van der Waals surface area contributed by atoms with Gasteiger partial charge < -0.3 is 0 Å². The van der Waals surface area contributed by atoms with Crippen molar-refractivity contribution in [1.82, 2.24) is 0 Å². The largest absolute Gasteiger partial charge is 0.0842 e. The fraction of sp³-hybridized carbons (Fsp3) is 0. The van der Waals surface area contributed by atoms with Crippen molar-refractivity contribution < 1.29 is 0 Å². The van der Waals surface area contributed by atoms with E-state index in [9.17, 15) is 0 Å². The van der Waals surface area contributed by atoms with E-state index in [0.717, 1.165) is 3.57 Å². The second-order valence-corrected chi connectivity index (χ2v) is 10.2. The van der Waals surface area contributed by atoms with Gasteiger partial charge in [-0.3, -0.25) is 0 Å². The van der Waals surface area contributed by atoms with Crippen molar-refractivity contribution in [3.8, 4) is 0 Å². The van der Waals surface area contributed by atoms with Gasteiger partial charge in [-0.1, -0.05) is 92.8 Å². The molecule has 0 spiro atoms. The molecule has 0 heterocycles. The van der Waals surface area contributed by atoms with E-state index in [2.05, 4.69) is 22.6 Å². The number of benzene rings is 3. The maximum Gasteiger partial charge on any atom is 0.0720 e. The first-order chi connectivity index (χ1) is 13.1. The molecule has 3 aromatic rings. The summed E-state index contributed by atoms with van der Waals surface area (Å²) in [5.41, 5.74) is 1.38. The normalized spacial score (nSPS) is 11.4. The highest BCUT2D eigenvalue weighted by Crippen LogP contribution is 2.49. The Balaban J connectivity index is 2.45. The van der Waals surface area contributed by atoms with Gasteiger partial charge in [-0.05, 0) is 59.0 Å². The van der Waals surface area contributed by atoms with Crippen LogP contribution < -0.4 is 0 Å². The van der Waals surface area contributed by atoms with Crippen LogP contribution in [0.15, 0.2) is 36.4 Å². The van der Waals surface area contributed by atoms with E-state index in [1.165, 1.54) is 0 Å². The highest BCUT2D eigenvalue weighted by Gasteiger charge is 2.31. The Morgan fingerprint density at radius 1 is 0.464 bits per heavy atom. The Morgan fingerprint density at radius 3 is 1.00 bits per heavy atom. The average Bonchev–Trinajstić information content (AvgIpc) is 2.51. The average molecular weight is 645 g/mol. The molecule has 0 nitrogen and oxygen atoms in total. The lowest BCUT2D eigenvalue weighted by atomic mass is 9.84. The van der Waals surface area contributed by atoms with Crippen molar-refractivity contribution in [2.45, 2.75) is 0 Å². The first-order valence-electron chi connectivity index (χ1n) is 7.41. The number of halogens is 9. The topological polar surface area (TPSA) is 0 Å². The van der Waals surface area contributed by atoms with E-state index < -0.39 is 0 Å². The molecule has 9 heteroatoms. The molecule has 0 bridgehead atoms. The van der Waals surface area contributed by atoms with Crippen molar-refractivity contribution >= 4 is 115 Å². The molecule has 0 saturated heterocycles. The smallest absolute Gasteiger partial charge is 0.0720 e. The lowest BCUT2D eigenvalue weighted by Crippen LogP contribution is -2.10. The van der Waals surface area contributed by atoms with Gasteiger partial charge in [0.1, 0.15) is 0 Å². The van der Waals surface area contributed by atoms with Gasteiger partial charge in [-0.2, -0.15) is 0 Å². The van der Waals surface area contributed by atoms with Crippen LogP contribution in [-0.4, -0.2) is 0 Å². The lowest BCUT2D eigenvalue weighted by Gasteiger charge is -2.25. The Bertz CT molecular complexity index is 874. The SMILES string of the molecule is Clc1cc(Cl)c([C](c2c(Cl)cc(Cl)cc2Cl)c2c(Cl)cc(I)cc2Cl)c(Cl)c1. The van der Waals surface area contributed by atoms with Gasteiger partial charge in [0.15, 0.2) is 0 Å².